The summed E-state index contributed by atoms with van der Waals surface area (Å²) in [5.41, 5.74) is 4.31. The minimum atomic E-state index is -0.578. The molecule has 8 heavy (non-hydrogen) atoms. The highest BCUT2D eigenvalue weighted by Crippen LogP contribution is 1.94. The second-order valence-electron chi connectivity index (χ2n) is 1.24. The van der Waals surface area contributed by atoms with Crippen molar-refractivity contribution in [1.29, 1.82) is 0 Å². The van der Waals surface area contributed by atoms with Crippen molar-refractivity contribution in [1.82, 2.24) is 0 Å². The van der Waals surface area contributed by atoms with E-state index in [1.165, 1.54) is 0 Å². The maximum atomic E-state index is 10.2. The Bertz CT molecular complexity index is 84.1. The molecule has 0 saturated heterocycles. The van der Waals surface area contributed by atoms with Crippen LogP contribution in [0.4, 0.5) is 0 Å². The van der Waals surface area contributed by atoms with Crippen LogP contribution in [-0.4, -0.2) is 18.1 Å². The second-order valence-corrected chi connectivity index (χ2v) is 1.85. The van der Waals surface area contributed by atoms with Gasteiger partial charge in [0.25, 0.3) is 0 Å². The summed E-state index contributed by atoms with van der Waals surface area (Å²) in [6.07, 6.45) is 0. The molecule has 0 bridgehead atoms. The lowest BCUT2D eigenvalue weighted by Gasteiger charge is -2.01. The van der Waals surface area contributed by atoms with Crippen molar-refractivity contribution < 1.29 is 9.53 Å². The third-order valence-corrected chi connectivity index (χ3v) is 0.550. The lowest BCUT2D eigenvalue weighted by atomic mass is 10.7. The van der Waals surface area contributed by atoms with E-state index in [0.717, 1.165) is 0 Å². The van der Waals surface area contributed by atoms with Crippen LogP contribution in [0.1, 0.15) is 6.92 Å². The molecule has 0 rings (SSSR count). The van der Waals surface area contributed by atoms with Crippen LogP contribution in [0, 0.1) is 0 Å². The maximum Gasteiger partial charge on any atom is 0.321 e. The first-order chi connectivity index (χ1) is 3.66. The molecule has 0 spiro atoms. The van der Waals surface area contributed by atoms with Crippen molar-refractivity contribution >= 4 is 17.6 Å². The normalized spacial score (nSPS) is 12.9. The number of hydrogen-bond acceptors (Lipinski definition) is 3. The Kier molecular flexibility index (Phi) is 3.56. The van der Waals surface area contributed by atoms with E-state index in [-0.39, 0.29) is 6.54 Å². The molecule has 0 aromatic heterocycles. The van der Waals surface area contributed by atoms with Gasteiger partial charge in [-0.3, -0.25) is 4.79 Å². The molecule has 1 unspecified atom stereocenters. The number of carbonyl (C=O) groups is 1. The molecule has 0 aliphatic rings. The van der Waals surface area contributed by atoms with E-state index in [1.54, 1.807) is 6.92 Å². The van der Waals surface area contributed by atoms with Gasteiger partial charge in [-0.2, -0.15) is 0 Å². The zero-order valence-electron chi connectivity index (χ0n) is 4.56. The molecule has 0 aromatic rings. The van der Waals surface area contributed by atoms with Crippen LogP contribution in [0.2, 0.25) is 0 Å². The third kappa shape index (κ3) is 3.89. The van der Waals surface area contributed by atoms with Crippen LogP contribution in [0.15, 0.2) is 0 Å². The third-order valence-electron chi connectivity index (χ3n) is 0.461. The van der Waals surface area contributed by atoms with Gasteiger partial charge in [-0.05, 0) is 6.92 Å². The number of ether oxygens (including phenoxy) is 1. The Labute approximate surface area is 52.8 Å². The van der Waals surface area contributed by atoms with Gasteiger partial charge in [0.05, 0.1) is 6.54 Å². The smallest absolute Gasteiger partial charge is 0.321 e. The van der Waals surface area contributed by atoms with Gasteiger partial charge < -0.3 is 10.5 Å². The largest absolute Gasteiger partial charge is 0.445 e. The highest BCUT2D eigenvalue weighted by molar-refractivity contribution is 6.19. The van der Waals surface area contributed by atoms with Gasteiger partial charge in [-0.1, -0.05) is 11.6 Å². The first-order valence-corrected chi connectivity index (χ1v) is 2.64. The van der Waals surface area contributed by atoms with Crippen LogP contribution in [0.25, 0.3) is 0 Å². The lowest BCUT2D eigenvalue weighted by Crippen LogP contribution is -2.19. The Hall–Kier alpha value is -0.280. The number of halogens is 1. The highest BCUT2D eigenvalue weighted by atomic mass is 35.5. The van der Waals surface area contributed by atoms with Gasteiger partial charge in [-0.15, -0.1) is 0 Å². The predicted octanol–water partition coefficient (Wildman–Crippen LogP) is 0.0731. The molecule has 3 nitrogen and oxygen atoms in total. The van der Waals surface area contributed by atoms with Crippen molar-refractivity contribution in [2.24, 2.45) is 5.73 Å². The Morgan fingerprint density at radius 2 is 2.50 bits per heavy atom. The lowest BCUT2D eigenvalue weighted by molar-refractivity contribution is -0.143. The van der Waals surface area contributed by atoms with Gasteiger partial charge in [0.1, 0.15) is 0 Å². The number of esters is 1. The molecule has 4 heteroatoms. The Morgan fingerprint density at radius 1 is 2.00 bits per heavy atom. The molecule has 0 fully saturated rings. The molecule has 0 heterocycles. The molecular formula is C4H8ClNO2. The Balaban J connectivity index is 3.25. The van der Waals surface area contributed by atoms with Crippen molar-refractivity contribution in [2.75, 3.05) is 6.54 Å². The van der Waals surface area contributed by atoms with Crippen LogP contribution in [-0.2, 0) is 9.53 Å². The van der Waals surface area contributed by atoms with Crippen LogP contribution < -0.4 is 5.73 Å². The molecule has 0 aliphatic heterocycles. The van der Waals surface area contributed by atoms with E-state index >= 15 is 0 Å². The van der Waals surface area contributed by atoms with E-state index in [9.17, 15) is 4.79 Å². The average molecular weight is 138 g/mol. The van der Waals surface area contributed by atoms with Crippen LogP contribution in [0.5, 0.6) is 0 Å². The fourth-order valence-electron chi connectivity index (χ4n) is 0.229. The summed E-state index contributed by atoms with van der Waals surface area (Å²) in [6.45, 7) is 1.44. The summed E-state index contributed by atoms with van der Waals surface area (Å²) in [4.78, 5) is 10.2. The fraction of sp³-hybridized carbons (Fsp3) is 0.750. The van der Waals surface area contributed by atoms with E-state index in [2.05, 4.69) is 4.74 Å². The summed E-state index contributed by atoms with van der Waals surface area (Å²) in [5, 5.41) is 0. The fourth-order valence-corrected chi connectivity index (χ4v) is 0.329. The molecule has 0 aliphatic carbocycles. The van der Waals surface area contributed by atoms with Gasteiger partial charge in [0.2, 0.25) is 0 Å². The van der Waals surface area contributed by atoms with Crippen LogP contribution >= 0.6 is 11.6 Å². The van der Waals surface area contributed by atoms with Gasteiger partial charge in [-0.25, -0.2) is 0 Å². The zero-order chi connectivity index (χ0) is 6.57. The van der Waals surface area contributed by atoms with Gasteiger partial charge in [0, 0.05) is 0 Å². The summed E-state index contributed by atoms with van der Waals surface area (Å²) in [6, 6.07) is 0. The molecule has 0 radical (unpaired) electrons. The number of nitrogens with two attached hydrogens (primary N) is 1. The quantitative estimate of drug-likeness (QED) is 0.433. The highest BCUT2D eigenvalue weighted by Gasteiger charge is 2.01. The molecule has 2 N–H and O–H groups in total. The minimum Gasteiger partial charge on any atom is -0.445 e. The molecule has 1 atom stereocenters. The van der Waals surface area contributed by atoms with Crippen molar-refractivity contribution in [3.63, 3.8) is 0 Å². The number of rotatable bonds is 2. The first-order valence-electron chi connectivity index (χ1n) is 2.20. The van der Waals surface area contributed by atoms with E-state index in [4.69, 9.17) is 17.3 Å². The second kappa shape index (κ2) is 3.69. The number of hydrogen-bond donors (Lipinski definition) is 1. The summed E-state index contributed by atoms with van der Waals surface area (Å²) in [7, 11) is 0. The molecular weight excluding hydrogens is 130 g/mol. The van der Waals surface area contributed by atoms with Crippen molar-refractivity contribution in [2.45, 2.75) is 12.5 Å². The SMILES string of the molecule is CC(Cl)OC(=O)CN. The predicted molar refractivity (Wildman–Crippen MR) is 30.5 cm³/mol. The summed E-state index contributed by atoms with van der Waals surface area (Å²) < 4.78 is 4.40. The van der Waals surface area contributed by atoms with Gasteiger partial charge in [0.15, 0.2) is 5.56 Å². The maximum absolute atomic E-state index is 10.2. The first kappa shape index (κ1) is 7.72. The van der Waals surface area contributed by atoms with Crippen LogP contribution in [0.3, 0.4) is 0 Å². The standard InChI is InChI=1S/C4H8ClNO2/c1-3(5)8-4(7)2-6/h3H,2,6H2,1H3. The Morgan fingerprint density at radius 3 is 2.62 bits per heavy atom. The average Bonchev–Trinajstić information content (AvgIpc) is 1.65. The molecule has 0 amide bonds. The van der Waals surface area contributed by atoms with Crippen molar-refractivity contribution in [3.05, 3.63) is 0 Å². The monoisotopic (exact) mass is 137 g/mol. The van der Waals surface area contributed by atoms with E-state index in [1.807, 2.05) is 0 Å². The molecule has 0 saturated carbocycles. The minimum absolute atomic E-state index is 0.114. The van der Waals surface area contributed by atoms with E-state index < -0.39 is 11.5 Å². The van der Waals surface area contributed by atoms with Crippen molar-refractivity contribution in [3.8, 4) is 0 Å². The molecule has 0 aromatic carbocycles. The topological polar surface area (TPSA) is 52.3 Å². The van der Waals surface area contributed by atoms with E-state index in [0.29, 0.717) is 0 Å². The molecule has 48 valence electrons. The van der Waals surface area contributed by atoms with Gasteiger partial charge >= 0.3 is 5.97 Å². The summed E-state index contributed by atoms with van der Waals surface area (Å²) >= 11 is 5.25. The summed E-state index contributed by atoms with van der Waals surface area (Å²) in [5.74, 6) is -0.479. The zero-order valence-corrected chi connectivity index (χ0v) is 5.31. The number of carbonyl (C=O) groups excluding carboxylic acids is 1. The number of alkyl halides is 1.